The maximum Gasteiger partial charge on any atom is 0.256 e. The summed E-state index contributed by atoms with van der Waals surface area (Å²) in [5.41, 5.74) is 12.0. The van der Waals surface area contributed by atoms with Gasteiger partial charge in [0.15, 0.2) is 0 Å². The van der Waals surface area contributed by atoms with E-state index < -0.39 is 0 Å². The fourth-order valence-electron chi connectivity index (χ4n) is 17.4. The fourth-order valence-corrected chi connectivity index (χ4v) is 17.4. The zero-order chi connectivity index (χ0) is 89.4. The molecular formula is C92H114N16O16. The molecule has 1 aromatic carbocycles. The molecule has 15 rings (SSSR count). The van der Waals surface area contributed by atoms with Crippen LogP contribution in [-0.4, -0.2) is 164 Å². The molecule has 5 unspecified atom stereocenters. The molecule has 3 aliphatic rings. The molecule has 4 amide bonds. The van der Waals surface area contributed by atoms with Crippen LogP contribution in [0.4, 0.5) is 0 Å². The first-order valence-corrected chi connectivity index (χ1v) is 41.5. The summed E-state index contributed by atoms with van der Waals surface area (Å²) in [6.07, 6.45) is 11.3. The van der Waals surface area contributed by atoms with E-state index >= 15 is 0 Å². The van der Waals surface area contributed by atoms with Crippen LogP contribution in [0.3, 0.4) is 0 Å². The summed E-state index contributed by atoms with van der Waals surface area (Å²) in [7, 11) is 11.1. The number of rotatable bonds is 29. The second kappa shape index (κ2) is 38.9. The maximum absolute atomic E-state index is 13.3. The van der Waals surface area contributed by atoms with E-state index in [1.807, 2.05) is 87.7 Å². The molecule has 2 aliphatic carbocycles. The summed E-state index contributed by atoms with van der Waals surface area (Å²) in [6, 6.07) is 22.6. The van der Waals surface area contributed by atoms with Gasteiger partial charge in [0.1, 0.15) is 46.3 Å². The average molecular weight is 1700 g/mol. The molecule has 0 bridgehead atoms. The Hall–Kier alpha value is -12.5. The van der Waals surface area contributed by atoms with Crippen molar-refractivity contribution < 1.29 is 57.1 Å². The Balaban J connectivity index is 0.000000151. The lowest BCUT2D eigenvalue weighted by molar-refractivity contribution is -0.125. The van der Waals surface area contributed by atoms with Gasteiger partial charge in [-0.25, -0.2) is 19.9 Å². The molecule has 12 aromatic rings. The van der Waals surface area contributed by atoms with Gasteiger partial charge in [0, 0.05) is 119 Å². The summed E-state index contributed by atoms with van der Waals surface area (Å²) in [5.74, 6) is 1.84. The molecule has 124 heavy (non-hydrogen) atoms. The zero-order valence-corrected chi connectivity index (χ0v) is 74.2. The van der Waals surface area contributed by atoms with Crippen LogP contribution in [0.2, 0.25) is 0 Å². The van der Waals surface area contributed by atoms with Crippen molar-refractivity contribution in [2.75, 3.05) is 69.6 Å². The van der Waals surface area contributed by atoms with Crippen molar-refractivity contribution >= 4 is 67.6 Å². The van der Waals surface area contributed by atoms with Crippen molar-refractivity contribution in [2.45, 2.75) is 178 Å². The van der Waals surface area contributed by atoms with E-state index in [0.717, 1.165) is 81.4 Å². The number of hydrogen-bond acceptors (Lipinski definition) is 20. The second-order valence-corrected chi connectivity index (χ2v) is 32.6. The average Bonchev–Trinajstić information content (AvgIpc) is 1.60. The summed E-state index contributed by atoms with van der Waals surface area (Å²) >= 11 is 0. The minimum absolute atomic E-state index is 0.0148. The number of aromatic amines is 4. The van der Waals surface area contributed by atoms with Gasteiger partial charge in [0.25, 0.3) is 45.9 Å². The predicted octanol–water partition coefficient (Wildman–Crippen LogP) is 11.9. The molecule has 1 saturated heterocycles. The van der Waals surface area contributed by atoms with E-state index in [9.17, 15) is 38.4 Å². The van der Waals surface area contributed by atoms with Gasteiger partial charge in [-0.05, 0) is 175 Å². The minimum atomic E-state index is -0.312. The number of H-pyrrole nitrogens is 4. The quantitative estimate of drug-likeness (QED) is 0.0216. The highest BCUT2D eigenvalue weighted by Gasteiger charge is 2.43. The van der Waals surface area contributed by atoms with E-state index in [1.54, 1.807) is 91.9 Å². The Kier molecular flexibility index (Phi) is 28.5. The summed E-state index contributed by atoms with van der Waals surface area (Å²) in [6.45, 7) is 27.6. The molecule has 12 heterocycles. The molecule has 8 N–H and O–H groups in total. The highest BCUT2D eigenvalue weighted by atomic mass is 16.5. The number of aryl methyl sites for hydroxylation is 4. The third-order valence-corrected chi connectivity index (χ3v) is 24.1. The number of hydrogen-bond donors (Lipinski definition) is 8. The number of benzene rings is 1. The molecule has 2 saturated carbocycles. The van der Waals surface area contributed by atoms with Gasteiger partial charge in [-0.2, -0.15) is 0 Å². The first-order valence-electron chi connectivity index (χ1n) is 41.5. The minimum Gasteiger partial charge on any atom is -0.496 e. The Morgan fingerprint density at radius 2 is 0.798 bits per heavy atom. The second-order valence-electron chi connectivity index (χ2n) is 32.6. The van der Waals surface area contributed by atoms with E-state index in [0.29, 0.717) is 133 Å². The number of para-hydroxylation sites is 1. The number of fused-ring (bicyclic) bond motifs is 4. The number of amides is 4. The molecule has 0 spiro atoms. The van der Waals surface area contributed by atoms with Gasteiger partial charge in [-0.1, -0.05) is 25.1 Å². The summed E-state index contributed by atoms with van der Waals surface area (Å²) < 4.78 is 52.1. The predicted molar refractivity (Wildman–Crippen MR) is 473 cm³/mol. The number of aromatic nitrogens is 12. The number of carbonyl (C=O) groups is 4. The van der Waals surface area contributed by atoms with Crippen LogP contribution in [-0.2, 0) is 45.1 Å². The van der Waals surface area contributed by atoms with E-state index in [2.05, 4.69) is 103 Å². The number of methoxy groups -OCH3 is 7. The Labute approximate surface area is 717 Å². The van der Waals surface area contributed by atoms with Crippen molar-refractivity contribution in [1.29, 1.82) is 0 Å². The highest BCUT2D eigenvalue weighted by molar-refractivity contribution is 6.10. The Morgan fingerprint density at radius 1 is 0.460 bits per heavy atom. The maximum atomic E-state index is 13.3. The van der Waals surface area contributed by atoms with Crippen LogP contribution in [0.1, 0.15) is 194 Å². The van der Waals surface area contributed by atoms with Crippen molar-refractivity contribution in [2.24, 2.45) is 17.3 Å². The fraction of sp³-hybridized carbons (Fsp3) is 0.435. The van der Waals surface area contributed by atoms with Crippen molar-refractivity contribution in [1.82, 2.24) is 79.4 Å². The van der Waals surface area contributed by atoms with Gasteiger partial charge in [-0.3, -0.25) is 38.4 Å². The Morgan fingerprint density at radius 3 is 1.15 bits per heavy atom. The van der Waals surface area contributed by atoms with Crippen LogP contribution >= 0.6 is 0 Å². The van der Waals surface area contributed by atoms with Crippen molar-refractivity contribution in [3.8, 4) is 23.0 Å². The first-order chi connectivity index (χ1) is 59.4. The number of ether oxygens (including phenoxy) is 8. The molecule has 6 atom stereocenters. The number of pyridine rings is 6. The van der Waals surface area contributed by atoms with Crippen LogP contribution in [0.5, 0.6) is 23.0 Å². The van der Waals surface area contributed by atoms with Gasteiger partial charge in [0.05, 0.1) is 155 Å². The largest absolute Gasteiger partial charge is 0.496 e. The third kappa shape index (κ3) is 18.7. The normalized spacial score (nSPS) is 14.9. The van der Waals surface area contributed by atoms with Gasteiger partial charge in [0.2, 0.25) is 0 Å². The molecule has 11 aromatic heterocycles. The molecule has 32 nitrogen and oxygen atoms in total. The number of nitrogens with zero attached hydrogens (tertiary/aromatic N) is 8. The number of nitrogens with one attached hydrogen (secondary N) is 8. The third-order valence-electron chi connectivity index (χ3n) is 24.1. The summed E-state index contributed by atoms with van der Waals surface area (Å²) in [4.78, 5) is 131. The van der Waals surface area contributed by atoms with Crippen LogP contribution in [0.15, 0.2) is 117 Å². The molecule has 32 heteroatoms. The lowest BCUT2D eigenvalue weighted by Gasteiger charge is -2.44. The van der Waals surface area contributed by atoms with Gasteiger partial charge < -0.3 is 97.4 Å². The monoisotopic (exact) mass is 1700 g/mol. The van der Waals surface area contributed by atoms with Crippen molar-refractivity contribution in [3.63, 3.8) is 0 Å². The molecule has 1 aliphatic heterocycles. The van der Waals surface area contributed by atoms with Crippen LogP contribution in [0.25, 0.3) is 44.0 Å². The zero-order valence-electron chi connectivity index (χ0n) is 74.2. The molecular weight excluding hydrogens is 1590 g/mol. The first kappa shape index (κ1) is 90.7. The van der Waals surface area contributed by atoms with Crippen LogP contribution < -0.4 is 62.5 Å². The molecule has 658 valence electrons. The lowest BCUT2D eigenvalue weighted by atomic mass is 9.81. The van der Waals surface area contributed by atoms with Crippen LogP contribution in [0, 0.1) is 72.6 Å². The van der Waals surface area contributed by atoms with Gasteiger partial charge >= 0.3 is 0 Å². The topological polar surface area (TPSA) is 393 Å². The molecule has 0 radical (unpaired) electrons. The summed E-state index contributed by atoms with van der Waals surface area (Å²) in [5, 5.41) is 14.7. The molecule has 3 fully saturated rings. The smallest absolute Gasteiger partial charge is 0.256 e. The number of carbonyl (C=O) groups excluding carboxylic acids is 4. The highest BCUT2D eigenvalue weighted by Crippen LogP contribution is 2.45. The lowest BCUT2D eigenvalue weighted by Crippen LogP contribution is -2.45. The van der Waals surface area contributed by atoms with E-state index in [1.165, 1.54) is 34.8 Å². The van der Waals surface area contributed by atoms with E-state index in [4.69, 9.17) is 37.9 Å². The SMILES string of the molecule is COC[C@H](C)n1c(C)c(C(=O)NCc2c(OC)cc(C)[nH]c2=O)c2cncnc21.COc1cc(C)[nH]c(=O)c1CNC(=O)c1c(C)n(C(C)C(OC)C2CC2)c2ncccc12.COc1cc(C)[nH]c(=O)c1CNC(=O)c1c(C)n(C(C)C(OC)C2CC2)c2ncccc12.COc1cc(C)[nH]c(=O)c1CNC(=O)c1c(C)n(C(C)C2(C)COC2)c2ccccc12. The Bertz CT molecular complexity index is 6020. The van der Waals surface area contributed by atoms with Gasteiger partial charge in [-0.15, -0.1) is 0 Å². The van der Waals surface area contributed by atoms with E-state index in [-0.39, 0.29) is 114 Å². The standard InChI is InChI=1S/2C24H30N4O4.C24H29N3O4.C20H25N5O4/c2*1-13-11-19(31-4)18(23(29)27-13)12-26-24(30)20-14(2)28(22-17(20)7-6-10-25-22)15(3)21(32-5)16-8-9-16;1-14-10-20(30-5)18(22(28)26-14)11-25-23(29)21-15(2)27(16(3)24(4)12-31-13-24)19-9-7-6-8-17(19)21;1-11-6-16(29-5)14(19(26)24-11)8-22-20(27)17-13(3)25(12(2)9-28-4)18-15(17)7-21-10-23-18/h2*6-7,10-11,15-16,21H,8-9,12H2,1-5H3,(H,26,30)(H,27,29);6-10,16H,11-13H2,1-5H3,(H,25,29)(H,26,28);6-7,10,12H,8-9H2,1-5H3,(H,22,27)(H,24,26)/t;;;12-/m...0/s1. The van der Waals surface area contributed by atoms with Crippen molar-refractivity contribution in [3.05, 3.63) is 229 Å².